The van der Waals surface area contributed by atoms with Gasteiger partial charge in [-0.05, 0) is 36.4 Å². The van der Waals surface area contributed by atoms with Crippen molar-refractivity contribution in [3.05, 3.63) is 60.7 Å². The van der Waals surface area contributed by atoms with Crippen molar-refractivity contribution in [2.45, 2.75) is 6.04 Å². The van der Waals surface area contributed by atoms with Gasteiger partial charge < -0.3 is 29.4 Å². The highest BCUT2D eigenvalue weighted by Crippen LogP contribution is 2.20. The van der Waals surface area contributed by atoms with Gasteiger partial charge in [-0.15, -0.1) is 24.8 Å². The van der Waals surface area contributed by atoms with Crippen LogP contribution in [0, 0.1) is 0 Å². The van der Waals surface area contributed by atoms with Gasteiger partial charge in [0.1, 0.15) is 24.4 Å². The number of benzene rings is 1. The molecule has 0 saturated carbocycles. The van der Waals surface area contributed by atoms with E-state index in [2.05, 4.69) is 20.6 Å². The van der Waals surface area contributed by atoms with E-state index in [4.69, 9.17) is 13.9 Å². The number of nitrogens with one attached hydrogen (secondary N) is 2. The number of carbonyl (C=O) groups excluding carboxylic acids is 1. The number of anilines is 2. The number of halogens is 2. The van der Waals surface area contributed by atoms with Gasteiger partial charge >= 0.3 is 0 Å². The van der Waals surface area contributed by atoms with Gasteiger partial charge in [0, 0.05) is 31.5 Å². The molecule has 32 heavy (non-hydrogen) atoms. The number of hydrogen-bond acceptors (Lipinski definition) is 8. The van der Waals surface area contributed by atoms with Crippen molar-refractivity contribution in [1.82, 2.24) is 20.2 Å². The van der Waals surface area contributed by atoms with Gasteiger partial charge in [0.15, 0.2) is 5.69 Å². The molecule has 3 aromatic rings. The molecule has 1 aromatic carbocycles. The Kier molecular flexibility index (Phi) is 9.58. The molecule has 1 atom stereocenters. The molecule has 0 aliphatic carbocycles. The lowest BCUT2D eigenvalue weighted by Gasteiger charge is -2.35. The van der Waals surface area contributed by atoms with E-state index in [1.54, 1.807) is 24.4 Å². The quantitative estimate of drug-likeness (QED) is 0.530. The molecule has 1 aliphatic rings. The van der Waals surface area contributed by atoms with Crippen molar-refractivity contribution in [2.24, 2.45) is 0 Å². The molecule has 0 spiro atoms. The van der Waals surface area contributed by atoms with Gasteiger partial charge in [0.2, 0.25) is 0 Å². The number of methoxy groups -OCH3 is 1. The van der Waals surface area contributed by atoms with E-state index < -0.39 is 0 Å². The van der Waals surface area contributed by atoms with Crippen LogP contribution in [-0.4, -0.2) is 60.2 Å². The first kappa shape index (κ1) is 25.3. The average molecular weight is 482 g/mol. The molecule has 1 unspecified atom stereocenters. The minimum absolute atomic E-state index is 0. The fourth-order valence-electron chi connectivity index (χ4n) is 3.18. The van der Waals surface area contributed by atoms with Crippen molar-refractivity contribution >= 4 is 42.4 Å². The summed E-state index contributed by atoms with van der Waals surface area (Å²) in [5.74, 6) is 1.23. The smallest absolute Gasteiger partial charge is 0.299 e. The summed E-state index contributed by atoms with van der Waals surface area (Å²) >= 11 is 0. The summed E-state index contributed by atoms with van der Waals surface area (Å²) in [5, 5.41) is 6.34. The average Bonchev–Trinajstić information content (AvgIpc) is 3.27. The van der Waals surface area contributed by atoms with E-state index >= 15 is 0 Å². The second kappa shape index (κ2) is 12.1. The van der Waals surface area contributed by atoms with Crippen LogP contribution in [0.5, 0.6) is 11.5 Å². The van der Waals surface area contributed by atoms with E-state index in [0.717, 1.165) is 11.4 Å². The molecule has 0 bridgehead atoms. The molecule has 3 heterocycles. The molecule has 1 amide bonds. The second-order valence-electron chi connectivity index (χ2n) is 6.75. The molecule has 1 fully saturated rings. The number of nitrogens with zero attached hydrogens (tertiary/aromatic N) is 3. The summed E-state index contributed by atoms with van der Waals surface area (Å²) < 4.78 is 16.4. The van der Waals surface area contributed by atoms with Gasteiger partial charge in [-0.25, -0.2) is 0 Å². The van der Waals surface area contributed by atoms with Crippen LogP contribution < -0.4 is 20.1 Å². The zero-order valence-corrected chi connectivity index (χ0v) is 19.0. The normalized spacial score (nSPS) is 15.2. The Hall–Kier alpha value is -3.01. The molecule has 0 radical (unpaired) electrons. The van der Waals surface area contributed by atoms with Gasteiger partial charge in [-0.3, -0.25) is 9.78 Å². The van der Waals surface area contributed by atoms with Crippen LogP contribution >= 0.6 is 24.8 Å². The third-order valence-corrected chi connectivity index (χ3v) is 4.75. The lowest BCUT2D eigenvalue weighted by Crippen LogP contribution is -2.56. The summed E-state index contributed by atoms with van der Waals surface area (Å²) in [6, 6.07) is 11.1. The number of amides is 1. The Balaban J connectivity index is 0.00000181. The number of hydrogen-bond donors (Lipinski definition) is 2. The van der Waals surface area contributed by atoms with Gasteiger partial charge in [-0.2, -0.15) is 4.98 Å². The Labute approximate surface area is 198 Å². The fourth-order valence-corrected chi connectivity index (χ4v) is 3.18. The standard InChI is InChI=1S/C21H23N5O4.2ClH/c1-28-17-6-4-15(5-7-17)24-21-25-19(14-30-21)20(27)26-10-9-23-11-16(26)13-29-18-3-2-8-22-12-18;;/h2-8,12,14,16,23H,9-11,13H2,1H3,(H,24,25);2*1H. The summed E-state index contributed by atoms with van der Waals surface area (Å²) in [6.07, 6.45) is 4.71. The predicted octanol–water partition coefficient (Wildman–Crippen LogP) is 3.16. The van der Waals surface area contributed by atoms with Crippen LogP contribution in [0.3, 0.4) is 0 Å². The second-order valence-corrected chi connectivity index (χ2v) is 6.75. The first-order chi connectivity index (χ1) is 14.7. The van der Waals surface area contributed by atoms with E-state index in [9.17, 15) is 4.79 Å². The van der Waals surface area contributed by atoms with E-state index in [1.165, 1.54) is 6.26 Å². The molecule has 1 saturated heterocycles. The van der Waals surface area contributed by atoms with Crippen LogP contribution in [0.1, 0.15) is 10.5 Å². The van der Waals surface area contributed by atoms with E-state index in [1.807, 2.05) is 36.4 Å². The number of pyridine rings is 1. The Morgan fingerprint density at radius 1 is 1.25 bits per heavy atom. The number of oxazole rings is 1. The molecule has 9 nitrogen and oxygen atoms in total. The van der Waals surface area contributed by atoms with Crippen LogP contribution in [0.2, 0.25) is 0 Å². The van der Waals surface area contributed by atoms with Crippen molar-refractivity contribution in [3.63, 3.8) is 0 Å². The number of aromatic nitrogens is 2. The molecular formula is C21H25Cl2N5O4. The molecule has 4 rings (SSSR count). The van der Waals surface area contributed by atoms with Crippen molar-refractivity contribution in [2.75, 3.05) is 38.7 Å². The molecule has 11 heteroatoms. The number of rotatable bonds is 7. The zero-order valence-electron chi connectivity index (χ0n) is 17.4. The first-order valence-electron chi connectivity index (χ1n) is 9.64. The lowest BCUT2D eigenvalue weighted by molar-refractivity contribution is 0.0553. The van der Waals surface area contributed by atoms with Crippen LogP contribution in [-0.2, 0) is 0 Å². The molecule has 2 aromatic heterocycles. The third-order valence-electron chi connectivity index (χ3n) is 4.75. The summed E-state index contributed by atoms with van der Waals surface area (Å²) in [5.41, 5.74) is 1.03. The predicted molar refractivity (Wildman–Crippen MR) is 125 cm³/mol. The zero-order chi connectivity index (χ0) is 20.8. The molecule has 1 aliphatic heterocycles. The lowest BCUT2D eigenvalue weighted by atomic mass is 10.2. The van der Waals surface area contributed by atoms with Gasteiger partial charge in [0.05, 0.1) is 19.3 Å². The summed E-state index contributed by atoms with van der Waals surface area (Å²) in [7, 11) is 1.61. The Morgan fingerprint density at radius 3 is 2.78 bits per heavy atom. The molecular weight excluding hydrogens is 457 g/mol. The highest BCUT2D eigenvalue weighted by molar-refractivity contribution is 5.92. The van der Waals surface area contributed by atoms with E-state index in [0.29, 0.717) is 32.0 Å². The SMILES string of the molecule is COc1ccc(Nc2nc(C(=O)N3CCNCC3COc3cccnc3)co2)cc1.Cl.Cl. The third kappa shape index (κ3) is 6.25. The van der Waals surface area contributed by atoms with E-state index in [-0.39, 0.29) is 48.5 Å². The fraction of sp³-hybridized carbons (Fsp3) is 0.286. The number of piperazine rings is 1. The molecule has 172 valence electrons. The molecule has 2 N–H and O–H groups in total. The summed E-state index contributed by atoms with van der Waals surface area (Å²) in [4.78, 5) is 23.1. The van der Waals surface area contributed by atoms with Crippen molar-refractivity contribution in [3.8, 4) is 11.5 Å². The van der Waals surface area contributed by atoms with Gasteiger partial charge in [-0.1, -0.05) is 0 Å². The monoisotopic (exact) mass is 481 g/mol. The maximum Gasteiger partial charge on any atom is 0.299 e. The highest BCUT2D eigenvalue weighted by Gasteiger charge is 2.29. The maximum atomic E-state index is 13.0. The van der Waals surface area contributed by atoms with Crippen molar-refractivity contribution < 1.29 is 18.7 Å². The van der Waals surface area contributed by atoms with Gasteiger partial charge in [0.25, 0.3) is 11.9 Å². The Morgan fingerprint density at radius 2 is 2.06 bits per heavy atom. The topological polar surface area (TPSA) is 102 Å². The summed E-state index contributed by atoms with van der Waals surface area (Å²) in [6.45, 7) is 2.28. The maximum absolute atomic E-state index is 13.0. The number of carbonyl (C=O) groups is 1. The van der Waals surface area contributed by atoms with Crippen LogP contribution in [0.15, 0.2) is 59.5 Å². The van der Waals surface area contributed by atoms with Crippen molar-refractivity contribution in [1.29, 1.82) is 0 Å². The Bertz CT molecular complexity index is 972. The van der Waals surface area contributed by atoms with Crippen LogP contribution in [0.25, 0.3) is 0 Å². The minimum Gasteiger partial charge on any atom is -0.497 e. The number of ether oxygens (including phenoxy) is 2. The largest absolute Gasteiger partial charge is 0.497 e. The minimum atomic E-state index is -0.192. The highest BCUT2D eigenvalue weighted by atomic mass is 35.5. The van der Waals surface area contributed by atoms with Crippen LogP contribution in [0.4, 0.5) is 11.7 Å². The first-order valence-corrected chi connectivity index (χ1v) is 9.64.